The van der Waals surface area contributed by atoms with Gasteiger partial charge in [-0.05, 0) is 5.56 Å². The highest BCUT2D eigenvalue weighted by atomic mass is 32.2. The van der Waals surface area contributed by atoms with E-state index in [1.807, 2.05) is 0 Å². The van der Waals surface area contributed by atoms with Crippen LogP contribution in [-0.4, -0.2) is 75.4 Å². The molecule has 2 heterocycles. The van der Waals surface area contributed by atoms with Gasteiger partial charge < -0.3 is 25.0 Å². The number of hydrogen-bond acceptors (Lipinski definition) is 8. The molecule has 32 heavy (non-hydrogen) atoms. The second kappa shape index (κ2) is 9.01. The van der Waals surface area contributed by atoms with Gasteiger partial charge in [-0.25, -0.2) is 4.79 Å². The molecule has 2 aliphatic heterocycles. The first-order valence-corrected chi connectivity index (χ1v) is 10.4. The van der Waals surface area contributed by atoms with E-state index >= 15 is 0 Å². The molecule has 0 bridgehead atoms. The van der Waals surface area contributed by atoms with Crippen LogP contribution in [0, 0.1) is 0 Å². The van der Waals surface area contributed by atoms with E-state index in [2.05, 4.69) is 5.32 Å². The minimum absolute atomic E-state index is 0.0887. The Morgan fingerprint density at radius 1 is 1.25 bits per heavy atom. The van der Waals surface area contributed by atoms with Gasteiger partial charge in [0.1, 0.15) is 17.7 Å². The zero-order valence-electron chi connectivity index (χ0n) is 17.1. The van der Waals surface area contributed by atoms with Crippen LogP contribution in [0.5, 0.6) is 0 Å². The monoisotopic (exact) mass is 464 g/mol. The van der Waals surface area contributed by atoms with Gasteiger partial charge in [-0.3, -0.25) is 24.1 Å². The third kappa shape index (κ3) is 3.94. The first-order valence-electron chi connectivity index (χ1n) is 9.33. The number of fused-ring (bicyclic) bond motifs is 1. The van der Waals surface area contributed by atoms with Crippen molar-refractivity contribution >= 4 is 41.5 Å². The molecule has 1 unspecified atom stereocenters. The van der Waals surface area contributed by atoms with E-state index in [-0.39, 0.29) is 29.2 Å². The number of carboxylic acids is 2. The molecular formula is C20H20N2O9S. The van der Waals surface area contributed by atoms with Crippen molar-refractivity contribution in [1.29, 1.82) is 0 Å². The Morgan fingerprint density at radius 2 is 1.91 bits per heavy atom. The lowest BCUT2D eigenvalue weighted by Crippen LogP contribution is -2.81. The molecule has 11 nitrogen and oxygen atoms in total. The minimum Gasteiger partial charge on any atom is -0.480 e. The number of esters is 1. The summed E-state index contributed by atoms with van der Waals surface area (Å²) >= 11 is 1.09. The van der Waals surface area contributed by atoms with Gasteiger partial charge in [0, 0.05) is 25.4 Å². The van der Waals surface area contributed by atoms with E-state index in [4.69, 9.17) is 9.47 Å². The number of methoxy groups -OCH3 is 1. The highest BCUT2D eigenvalue weighted by molar-refractivity contribution is 8.00. The number of benzene rings is 1. The first kappa shape index (κ1) is 23.3. The normalized spacial score (nSPS) is 23.0. The molecule has 0 saturated carbocycles. The minimum atomic E-state index is -1.95. The fourth-order valence-corrected chi connectivity index (χ4v) is 4.97. The first-order chi connectivity index (χ1) is 15.1. The summed E-state index contributed by atoms with van der Waals surface area (Å²) in [7, 11) is 1.16. The number of β-lactam (4-membered cyclic amide) rings is 1. The van der Waals surface area contributed by atoms with Crippen molar-refractivity contribution in [2.45, 2.75) is 23.9 Å². The van der Waals surface area contributed by atoms with Crippen LogP contribution in [0.3, 0.4) is 0 Å². The molecule has 3 rings (SSSR count). The van der Waals surface area contributed by atoms with Crippen molar-refractivity contribution in [1.82, 2.24) is 10.2 Å². The summed E-state index contributed by atoms with van der Waals surface area (Å²) in [6.07, 6.45) is 0. The van der Waals surface area contributed by atoms with Gasteiger partial charge in [0.2, 0.25) is 5.91 Å². The van der Waals surface area contributed by atoms with Gasteiger partial charge in [0.15, 0.2) is 5.92 Å². The van der Waals surface area contributed by atoms with Crippen molar-refractivity contribution in [3.05, 3.63) is 47.2 Å². The van der Waals surface area contributed by atoms with Gasteiger partial charge in [-0.1, -0.05) is 30.3 Å². The topological polar surface area (TPSA) is 160 Å². The van der Waals surface area contributed by atoms with Crippen molar-refractivity contribution in [3.8, 4) is 0 Å². The Hall–Kier alpha value is -3.38. The third-order valence-electron chi connectivity index (χ3n) is 5.04. The smallest absolute Gasteiger partial charge is 0.352 e. The molecule has 2 aliphatic rings. The van der Waals surface area contributed by atoms with E-state index in [9.17, 15) is 34.2 Å². The largest absolute Gasteiger partial charge is 0.480 e. The lowest BCUT2D eigenvalue weighted by atomic mass is 9.94. The summed E-state index contributed by atoms with van der Waals surface area (Å²) in [5.41, 5.74) is -1.89. The van der Waals surface area contributed by atoms with Crippen molar-refractivity contribution < 1.29 is 43.7 Å². The molecule has 2 amide bonds. The number of nitrogens with one attached hydrogen (secondary N) is 1. The average Bonchev–Trinajstić information content (AvgIpc) is 2.75. The Balaban J connectivity index is 1.89. The van der Waals surface area contributed by atoms with Crippen molar-refractivity contribution in [3.63, 3.8) is 0 Å². The summed E-state index contributed by atoms with van der Waals surface area (Å²) in [6, 6.07) is 7.75. The molecule has 1 aromatic carbocycles. The Bertz CT molecular complexity index is 1010. The quantitative estimate of drug-likeness (QED) is 0.209. The second-order valence-electron chi connectivity index (χ2n) is 6.99. The fourth-order valence-electron chi connectivity index (χ4n) is 3.55. The molecule has 3 N–H and O–H groups in total. The molecular weight excluding hydrogens is 444 g/mol. The van der Waals surface area contributed by atoms with Crippen LogP contribution < -0.4 is 5.32 Å². The number of rotatable bonds is 8. The maximum Gasteiger partial charge on any atom is 0.352 e. The van der Waals surface area contributed by atoms with Crippen LogP contribution in [-0.2, 0) is 33.4 Å². The molecule has 3 atom stereocenters. The number of thioether (sulfide) groups is 1. The summed E-state index contributed by atoms with van der Waals surface area (Å²) in [4.78, 5) is 61.6. The van der Waals surface area contributed by atoms with Gasteiger partial charge in [0.25, 0.3) is 11.6 Å². The van der Waals surface area contributed by atoms with Crippen molar-refractivity contribution in [2.24, 2.45) is 0 Å². The van der Waals surface area contributed by atoms with Crippen LogP contribution >= 0.6 is 11.8 Å². The molecule has 0 spiro atoms. The van der Waals surface area contributed by atoms with Gasteiger partial charge in [-0.15, -0.1) is 11.8 Å². The van der Waals surface area contributed by atoms with E-state index in [1.165, 1.54) is 19.1 Å². The summed E-state index contributed by atoms with van der Waals surface area (Å²) in [5, 5.41) is 20.6. The molecule has 0 aliphatic carbocycles. The molecule has 12 heteroatoms. The predicted octanol–water partition coefficient (Wildman–Crippen LogP) is 0.131. The zero-order valence-corrected chi connectivity index (χ0v) is 17.9. The number of carbonyl (C=O) groups is 5. The number of nitrogens with zero attached hydrogens (tertiary/aromatic N) is 1. The Morgan fingerprint density at radius 3 is 2.44 bits per heavy atom. The Kier molecular flexibility index (Phi) is 6.55. The SMILES string of the molecule is CO[C@]1(NC(=O)C(C(=O)O)c2ccccc2)C(=O)N2C(C(=O)O)=C(COC(C)=O)CS[C@@H]21. The predicted molar refractivity (Wildman–Crippen MR) is 109 cm³/mol. The molecule has 1 saturated heterocycles. The van der Waals surface area contributed by atoms with Gasteiger partial charge >= 0.3 is 17.9 Å². The number of hydrogen-bond donors (Lipinski definition) is 3. The second-order valence-corrected chi connectivity index (χ2v) is 8.06. The number of carbonyl (C=O) groups excluding carboxylic acids is 3. The van der Waals surface area contributed by atoms with Gasteiger partial charge in [0.05, 0.1) is 0 Å². The maximum absolute atomic E-state index is 13.0. The highest BCUT2D eigenvalue weighted by Gasteiger charge is 2.67. The number of ether oxygens (including phenoxy) is 2. The average molecular weight is 464 g/mol. The molecule has 0 aromatic heterocycles. The number of aliphatic carboxylic acids is 2. The number of amides is 2. The van der Waals surface area contributed by atoms with E-state index in [0.29, 0.717) is 0 Å². The molecule has 170 valence electrons. The van der Waals surface area contributed by atoms with E-state index < -0.39 is 46.7 Å². The third-order valence-corrected chi connectivity index (χ3v) is 6.41. The summed E-state index contributed by atoms with van der Waals surface area (Å²) in [5.74, 6) is -6.81. The molecule has 0 radical (unpaired) electrons. The van der Waals surface area contributed by atoms with E-state index in [1.54, 1.807) is 18.2 Å². The van der Waals surface area contributed by atoms with Crippen LogP contribution in [0.25, 0.3) is 0 Å². The Labute approximate surface area is 186 Å². The number of carboxylic acid groups (broad SMARTS) is 2. The summed E-state index contributed by atoms with van der Waals surface area (Å²) < 4.78 is 10.2. The summed E-state index contributed by atoms with van der Waals surface area (Å²) in [6.45, 7) is 0.869. The van der Waals surface area contributed by atoms with Gasteiger partial charge in [-0.2, -0.15) is 0 Å². The lowest BCUT2D eigenvalue weighted by molar-refractivity contribution is -0.193. The molecule has 1 aromatic rings. The standard InChI is InChI=1S/C20H20N2O9S/c1-10(23)31-8-12-9-32-19-20(30-2,18(29)22(19)14(12)17(27)28)21-15(24)13(16(25)26)11-6-4-3-5-7-11/h3-7,13,19H,8-9H2,1-2H3,(H,21,24)(H,25,26)(H,27,28)/t13?,19-,20-/m1/s1. The van der Waals surface area contributed by atoms with Crippen LogP contribution in [0.15, 0.2) is 41.6 Å². The lowest BCUT2D eigenvalue weighted by Gasteiger charge is -2.55. The fraction of sp³-hybridized carbons (Fsp3) is 0.350. The maximum atomic E-state index is 13.0. The molecule has 1 fully saturated rings. The van der Waals surface area contributed by atoms with Crippen LogP contribution in [0.2, 0.25) is 0 Å². The van der Waals surface area contributed by atoms with Crippen LogP contribution in [0.1, 0.15) is 18.4 Å². The van der Waals surface area contributed by atoms with Crippen LogP contribution in [0.4, 0.5) is 0 Å². The zero-order chi connectivity index (χ0) is 23.6. The van der Waals surface area contributed by atoms with E-state index in [0.717, 1.165) is 23.8 Å². The highest BCUT2D eigenvalue weighted by Crippen LogP contribution is 2.46. The van der Waals surface area contributed by atoms with Crippen molar-refractivity contribution in [2.75, 3.05) is 19.5 Å².